The van der Waals surface area contributed by atoms with Crippen molar-refractivity contribution in [3.8, 4) is 17.1 Å². The van der Waals surface area contributed by atoms with Gasteiger partial charge in [-0.15, -0.1) is 27.0 Å². The van der Waals surface area contributed by atoms with Crippen LogP contribution in [0.4, 0.5) is 5.13 Å². The summed E-state index contributed by atoms with van der Waals surface area (Å²) < 4.78 is 7.33. The first-order chi connectivity index (χ1) is 13.7. The summed E-state index contributed by atoms with van der Waals surface area (Å²) in [6.45, 7) is 6.31. The van der Waals surface area contributed by atoms with Crippen molar-refractivity contribution in [2.24, 2.45) is 0 Å². The maximum Gasteiger partial charge on any atom is 0.236 e. The highest BCUT2D eigenvalue weighted by molar-refractivity contribution is 7.99. The number of methoxy groups -OCH3 is 1. The molecule has 146 valence electrons. The highest BCUT2D eigenvalue weighted by Crippen LogP contribution is 2.31. The van der Waals surface area contributed by atoms with E-state index in [-0.39, 0.29) is 11.7 Å². The maximum atomic E-state index is 12.2. The molecule has 2 heterocycles. The van der Waals surface area contributed by atoms with Gasteiger partial charge in [-0.2, -0.15) is 0 Å². The number of anilines is 1. The van der Waals surface area contributed by atoms with E-state index in [1.54, 1.807) is 13.2 Å². The number of hydrogen-bond acceptors (Lipinski definition) is 8. The number of aromatic nitrogens is 5. The van der Waals surface area contributed by atoms with Crippen LogP contribution < -0.4 is 10.1 Å². The third-order valence-corrected chi connectivity index (χ3v) is 5.67. The molecule has 3 aromatic rings. The van der Waals surface area contributed by atoms with E-state index in [2.05, 4.69) is 32.3 Å². The van der Waals surface area contributed by atoms with Crippen LogP contribution in [-0.2, 0) is 17.8 Å². The molecule has 1 N–H and O–H groups in total. The van der Waals surface area contributed by atoms with Crippen molar-refractivity contribution in [1.29, 1.82) is 0 Å². The van der Waals surface area contributed by atoms with Gasteiger partial charge in [0.25, 0.3) is 0 Å². The van der Waals surface area contributed by atoms with Crippen molar-refractivity contribution in [1.82, 2.24) is 25.0 Å². The number of aryl methyl sites for hydroxylation is 1. The molecule has 0 unspecified atom stereocenters. The van der Waals surface area contributed by atoms with E-state index in [4.69, 9.17) is 4.74 Å². The summed E-state index contributed by atoms with van der Waals surface area (Å²) in [5.41, 5.74) is 0.830. The SMILES string of the molecule is C=CCn1c(SCC(=O)Nc2nnc(CC)s2)nnc1-c1ccccc1OC. The lowest BCUT2D eigenvalue weighted by Gasteiger charge is -2.10. The summed E-state index contributed by atoms with van der Waals surface area (Å²) in [5, 5.41) is 21.3. The van der Waals surface area contributed by atoms with Crippen LogP contribution in [0.3, 0.4) is 0 Å². The Labute approximate surface area is 171 Å². The Hall–Kier alpha value is -2.72. The molecule has 0 spiro atoms. The van der Waals surface area contributed by atoms with Gasteiger partial charge in [-0.3, -0.25) is 14.7 Å². The Balaban J connectivity index is 1.74. The zero-order chi connectivity index (χ0) is 19.9. The van der Waals surface area contributed by atoms with Gasteiger partial charge in [-0.1, -0.05) is 48.2 Å². The summed E-state index contributed by atoms with van der Waals surface area (Å²) in [7, 11) is 1.62. The van der Waals surface area contributed by atoms with Gasteiger partial charge < -0.3 is 4.74 Å². The number of benzene rings is 1. The van der Waals surface area contributed by atoms with Crippen LogP contribution in [0.15, 0.2) is 42.1 Å². The number of thioether (sulfide) groups is 1. The van der Waals surface area contributed by atoms with Crippen molar-refractivity contribution in [3.63, 3.8) is 0 Å². The van der Waals surface area contributed by atoms with Gasteiger partial charge in [0.15, 0.2) is 11.0 Å². The Morgan fingerprint density at radius 1 is 1.32 bits per heavy atom. The van der Waals surface area contributed by atoms with E-state index in [1.807, 2.05) is 35.8 Å². The first kappa shape index (κ1) is 20.0. The molecule has 2 aromatic heterocycles. The molecule has 1 amide bonds. The average molecular weight is 417 g/mol. The van der Waals surface area contributed by atoms with Crippen molar-refractivity contribution >= 4 is 34.1 Å². The van der Waals surface area contributed by atoms with E-state index < -0.39 is 0 Å². The summed E-state index contributed by atoms with van der Waals surface area (Å²) in [4.78, 5) is 12.2. The Morgan fingerprint density at radius 3 is 2.86 bits per heavy atom. The first-order valence-electron chi connectivity index (χ1n) is 8.58. The van der Waals surface area contributed by atoms with Crippen LogP contribution in [0.1, 0.15) is 11.9 Å². The van der Waals surface area contributed by atoms with E-state index in [1.165, 1.54) is 23.1 Å². The Morgan fingerprint density at radius 2 is 2.14 bits per heavy atom. The topological polar surface area (TPSA) is 94.8 Å². The van der Waals surface area contributed by atoms with Crippen LogP contribution >= 0.6 is 23.1 Å². The third kappa shape index (κ3) is 4.57. The number of amides is 1. The van der Waals surface area contributed by atoms with Gasteiger partial charge in [0, 0.05) is 6.54 Å². The van der Waals surface area contributed by atoms with E-state index in [0.717, 1.165) is 17.0 Å². The van der Waals surface area contributed by atoms with Crippen LogP contribution in [0.2, 0.25) is 0 Å². The highest BCUT2D eigenvalue weighted by atomic mass is 32.2. The van der Waals surface area contributed by atoms with E-state index >= 15 is 0 Å². The van der Waals surface area contributed by atoms with Crippen molar-refractivity contribution in [2.75, 3.05) is 18.2 Å². The van der Waals surface area contributed by atoms with Gasteiger partial charge in [0.2, 0.25) is 11.0 Å². The quantitative estimate of drug-likeness (QED) is 0.422. The summed E-state index contributed by atoms with van der Waals surface area (Å²) >= 11 is 2.68. The molecule has 0 radical (unpaired) electrons. The lowest BCUT2D eigenvalue weighted by atomic mass is 10.2. The molecule has 0 saturated carbocycles. The molecule has 0 atom stereocenters. The molecule has 0 saturated heterocycles. The second-order valence-electron chi connectivity index (χ2n) is 5.60. The number of para-hydroxylation sites is 1. The van der Waals surface area contributed by atoms with E-state index in [9.17, 15) is 4.79 Å². The molecule has 0 fully saturated rings. The minimum atomic E-state index is -0.171. The predicted octanol–water partition coefficient (Wildman–Crippen LogP) is 3.28. The molecule has 8 nitrogen and oxygen atoms in total. The number of ether oxygens (including phenoxy) is 1. The van der Waals surface area contributed by atoms with Gasteiger partial charge >= 0.3 is 0 Å². The summed E-state index contributed by atoms with van der Waals surface area (Å²) in [6.07, 6.45) is 2.55. The molecular weight excluding hydrogens is 396 g/mol. The van der Waals surface area contributed by atoms with Crippen LogP contribution in [0, 0.1) is 0 Å². The molecular formula is C18H20N6O2S2. The zero-order valence-electron chi connectivity index (χ0n) is 15.6. The fourth-order valence-electron chi connectivity index (χ4n) is 2.45. The smallest absolute Gasteiger partial charge is 0.236 e. The number of carbonyl (C=O) groups excluding carboxylic acids is 1. The fourth-order valence-corrected chi connectivity index (χ4v) is 3.89. The Kier molecular flexibility index (Phi) is 6.77. The number of carbonyl (C=O) groups is 1. The summed E-state index contributed by atoms with van der Waals surface area (Å²) in [5.74, 6) is 1.38. The molecule has 10 heteroatoms. The number of rotatable bonds is 9. The van der Waals surface area contributed by atoms with Crippen LogP contribution in [0.5, 0.6) is 5.75 Å². The third-order valence-electron chi connectivity index (χ3n) is 3.72. The van der Waals surface area contributed by atoms with Crippen molar-refractivity contribution in [2.45, 2.75) is 25.0 Å². The predicted molar refractivity (Wildman–Crippen MR) is 111 cm³/mol. The zero-order valence-corrected chi connectivity index (χ0v) is 17.2. The van der Waals surface area contributed by atoms with Gasteiger partial charge in [0.1, 0.15) is 10.8 Å². The largest absolute Gasteiger partial charge is 0.496 e. The first-order valence-corrected chi connectivity index (χ1v) is 10.4. The summed E-state index contributed by atoms with van der Waals surface area (Å²) in [6, 6.07) is 7.60. The lowest BCUT2D eigenvalue weighted by Crippen LogP contribution is -2.14. The fraction of sp³-hybridized carbons (Fsp3) is 0.278. The normalized spacial score (nSPS) is 10.6. The molecule has 1 aromatic carbocycles. The molecule has 0 aliphatic rings. The molecule has 0 bridgehead atoms. The number of allylic oxidation sites excluding steroid dienone is 1. The second kappa shape index (κ2) is 9.47. The second-order valence-corrected chi connectivity index (χ2v) is 7.60. The van der Waals surface area contributed by atoms with Gasteiger partial charge in [0.05, 0.1) is 18.4 Å². The van der Waals surface area contributed by atoms with Crippen molar-refractivity contribution < 1.29 is 9.53 Å². The number of nitrogens with zero attached hydrogens (tertiary/aromatic N) is 5. The molecule has 0 aliphatic carbocycles. The highest BCUT2D eigenvalue weighted by Gasteiger charge is 2.18. The average Bonchev–Trinajstić information content (AvgIpc) is 3.33. The van der Waals surface area contributed by atoms with Gasteiger partial charge in [-0.25, -0.2) is 0 Å². The standard InChI is InChI=1S/C18H20N6O2S2/c1-4-10-24-16(12-8-6-7-9-13(12)26-3)21-23-18(24)27-11-14(25)19-17-22-20-15(5-2)28-17/h4,6-9H,1,5,10-11H2,2-3H3,(H,19,22,25). The molecule has 28 heavy (non-hydrogen) atoms. The van der Waals surface area contributed by atoms with E-state index in [0.29, 0.717) is 28.4 Å². The van der Waals surface area contributed by atoms with Gasteiger partial charge in [-0.05, 0) is 18.6 Å². The minimum Gasteiger partial charge on any atom is -0.496 e. The van der Waals surface area contributed by atoms with Crippen LogP contribution in [0.25, 0.3) is 11.4 Å². The number of hydrogen-bond donors (Lipinski definition) is 1. The molecule has 0 aliphatic heterocycles. The molecule has 3 rings (SSSR count). The van der Waals surface area contributed by atoms with Crippen molar-refractivity contribution in [3.05, 3.63) is 41.9 Å². The number of nitrogens with one attached hydrogen (secondary N) is 1. The maximum absolute atomic E-state index is 12.2. The monoisotopic (exact) mass is 416 g/mol. The Bertz CT molecular complexity index is 969. The minimum absolute atomic E-state index is 0.171. The lowest BCUT2D eigenvalue weighted by molar-refractivity contribution is -0.113. The van der Waals surface area contributed by atoms with Crippen LogP contribution in [-0.4, -0.2) is 43.7 Å².